The van der Waals surface area contributed by atoms with Gasteiger partial charge >= 0.3 is 0 Å². The van der Waals surface area contributed by atoms with Crippen LogP contribution in [-0.4, -0.2) is 15.0 Å². The van der Waals surface area contributed by atoms with Gasteiger partial charge in [0, 0.05) is 10.0 Å². The number of nitrogens with zero attached hydrogens (tertiary/aromatic N) is 3. The Morgan fingerprint density at radius 1 is 1.31 bits per heavy atom. The first-order valence-electron chi connectivity index (χ1n) is 4.24. The molecule has 0 aliphatic carbocycles. The summed E-state index contributed by atoms with van der Waals surface area (Å²) in [6.45, 7) is 0.528. The van der Waals surface area contributed by atoms with Crippen LogP contribution in [0.25, 0.3) is 0 Å². The summed E-state index contributed by atoms with van der Waals surface area (Å²) in [6, 6.07) is 5.32. The van der Waals surface area contributed by atoms with E-state index in [0.29, 0.717) is 22.4 Å². The summed E-state index contributed by atoms with van der Waals surface area (Å²) in [5, 5.41) is 8.73. The van der Waals surface area contributed by atoms with E-state index in [2.05, 4.69) is 10.3 Å². The molecule has 16 heavy (non-hydrogen) atoms. The molecule has 0 aliphatic rings. The normalized spacial score (nSPS) is 9.88. The quantitative estimate of drug-likeness (QED) is 0.919. The number of halogens is 3. The summed E-state index contributed by atoms with van der Waals surface area (Å²) in [7, 11) is 0. The van der Waals surface area contributed by atoms with Crippen molar-refractivity contribution < 1.29 is 0 Å². The third kappa shape index (κ3) is 3.01. The van der Waals surface area contributed by atoms with E-state index in [0.717, 1.165) is 5.56 Å². The summed E-state index contributed by atoms with van der Waals surface area (Å²) in [5.41, 5.74) is 6.37. The Morgan fingerprint density at radius 2 is 2.06 bits per heavy atom. The van der Waals surface area contributed by atoms with Gasteiger partial charge in [-0.3, -0.25) is 0 Å². The Morgan fingerprint density at radius 3 is 2.62 bits per heavy atom. The predicted molar refractivity (Wildman–Crippen MR) is 67.2 cm³/mol. The zero-order chi connectivity index (χ0) is 10.8. The minimum absolute atomic E-state index is 0. The molecule has 0 aliphatic heterocycles. The summed E-state index contributed by atoms with van der Waals surface area (Å²) in [5.74, 6) is 0.389. The fourth-order valence-electron chi connectivity index (χ4n) is 1.22. The second kappa shape index (κ2) is 5.39. The average molecular weight is 280 g/mol. The largest absolute Gasteiger partial charge is 0.381 e. The molecule has 1 heterocycles. The molecule has 7 heteroatoms. The van der Waals surface area contributed by atoms with Crippen LogP contribution in [0.5, 0.6) is 0 Å². The van der Waals surface area contributed by atoms with Crippen LogP contribution in [0.1, 0.15) is 5.56 Å². The van der Waals surface area contributed by atoms with Crippen molar-refractivity contribution in [3.8, 4) is 0 Å². The van der Waals surface area contributed by atoms with E-state index < -0.39 is 0 Å². The topological polar surface area (TPSA) is 56.7 Å². The van der Waals surface area contributed by atoms with Gasteiger partial charge in [0.1, 0.15) is 0 Å². The van der Waals surface area contributed by atoms with Crippen molar-refractivity contribution in [2.45, 2.75) is 6.54 Å². The zero-order valence-electron chi connectivity index (χ0n) is 8.10. The van der Waals surface area contributed by atoms with Gasteiger partial charge in [-0.2, -0.15) is 0 Å². The van der Waals surface area contributed by atoms with E-state index in [1.807, 2.05) is 6.07 Å². The summed E-state index contributed by atoms with van der Waals surface area (Å²) in [4.78, 5) is 0. The molecule has 0 fully saturated rings. The van der Waals surface area contributed by atoms with E-state index in [-0.39, 0.29) is 12.4 Å². The van der Waals surface area contributed by atoms with Gasteiger partial charge < -0.3 is 5.73 Å². The van der Waals surface area contributed by atoms with Crippen LogP contribution in [0.4, 0.5) is 5.82 Å². The minimum Gasteiger partial charge on any atom is -0.381 e. The van der Waals surface area contributed by atoms with Crippen molar-refractivity contribution in [1.29, 1.82) is 0 Å². The van der Waals surface area contributed by atoms with Crippen molar-refractivity contribution in [1.82, 2.24) is 15.0 Å². The number of anilines is 1. The van der Waals surface area contributed by atoms with Gasteiger partial charge in [-0.25, -0.2) is 4.68 Å². The average Bonchev–Trinajstić information content (AvgIpc) is 2.56. The fourth-order valence-corrected chi connectivity index (χ4v) is 1.68. The van der Waals surface area contributed by atoms with E-state index in [9.17, 15) is 0 Å². The first-order valence-corrected chi connectivity index (χ1v) is 5.00. The molecule has 1 aromatic heterocycles. The number of nitrogen functional groups attached to an aromatic ring is 1. The van der Waals surface area contributed by atoms with Crippen LogP contribution in [0.3, 0.4) is 0 Å². The molecule has 2 rings (SSSR count). The highest BCUT2D eigenvalue weighted by molar-refractivity contribution is 6.35. The molecule has 2 N–H and O–H groups in total. The van der Waals surface area contributed by atoms with Crippen LogP contribution >= 0.6 is 35.6 Å². The van der Waals surface area contributed by atoms with Gasteiger partial charge in [0.15, 0.2) is 5.82 Å². The molecule has 0 bridgehead atoms. The maximum absolute atomic E-state index is 6.01. The molecule has 0 saturated carbocycles. The summed E-state index contributed by atoms with van der Waals surface area (Å²) < 4.78 is 1.62. The third-order valence-corrected chi connectivity index (χ3v) is 2.49. The van der Waals surface area contributed by atoms with Gasteiger partial charge in [-0.15, -0.1) is 17.5 Å². The highest BCUT2D eigenvalue weighted by Gasteiger charge is 2.03. The van der Waals surface area contributed by atoms with Crippen LogP contribution in [0.15, 0.2) is 24.4 Å². The van der Waals surface area contributed by atoms with Gasteiger partial charge in [-0.1, -0.05) is 34.5 Å². The molecule has 4 nitrogen and oxygen atoms in total. The van der Waals surface area contributed by atoms with Gasteiger partial charge in [0.25, 0.3) is 0 Å². The van der Waals surface area contributed by atoms with Gasteiger partial charge in [0.05, 0.1) is 12.7 Å². The molecule has 0 radical (unpaired) electrons. The highest BCUT2D eigenvalue weighted by atomic mass is 35.5. The van der Waals surface area contributed by atoms with E-state index in [1.165, 1.54) is 0 Å². The fraction of sp³-hybridized carbons (Fsp3) is 0.111. The van der Waals surface area contributed by atoms with Crippen LogP contribution in [0.2, 0.25) is 10.0 Å². The molecule has 0 spiro atoms. The Hall–Kier alpha value is -0.970. The monoisotopic (exact) mass is 278 g/mol. The smallest absolute Gasteiger partial charge is 0.165 e. The van der Waals surface area contributed by atoms with E-state index in [1.54, 1.807) is 23.0 Å². The maximum Gasteiger partial charge on any atom is 0.165 e. The lowest BCUT2D eigenvalue weighted by Crippen LogP contribution is -2.01. The van der Waals surface area contributed by atoms with Crippen LogP contribution in [-0.2, 0) is 6.54 Å². The van der Waals surface area contributed by atoms with Crippen molar-refractivity contribution in [3.05, 3.63) is 40.0 Å². The van der Waals surface area contributed by atoms with Crippen molar-refractivity contribution in [2.24, 2.45) is 0 Å². The molecule has 0 amide bonds. The molecular weight excluding hydrogens is 270 g/mol. The number of benzene rings is 1. The lowest BCUT2D eigenvalue weighted by Gasteiger charge is -2.03. The van der Waals surface area contributed by atoms with Crippen LogP contribution < -0.4 is 5.73 Å². The van der Waals surface area contributed by atoms with Crippen molar-refractivity contribution in [3.63, 3.8) is 0 Å². The number of rotatable bonds is 2. The number of nitrogens with two attached hydrogens (primary N) is 1. The Labute approximate surface area is 109 Å². The molecule has 0 atom stereocenters. The first-order chi connectivity index (χ1) is 7.15. The standard InChI is InChI=1S/C9H8Cl2N4.ClH/c10-7-2-1-6(8(11)3-7)4-15-5-9(12)13-14-15;/h1-3,5H,4,12H2;1H. The van der Waals surface area contributed by atoms with Crippen LogP contribution in [0, 0.1) is 0 Å². The number of aromatic nitrogens is 3. The molecule has 86 valence electrons. The highest BCUT2D eigenvalue weighted by Crippen LogP contribution is 2.21. The predicted octanol–water partition coefficient (Wildman–Crippen LogP) is 2.64. The van der Waals surface area contributed by atoms with Crippen molar-refractivity contribution >= 4 is 41.4 Å². The maximum atomic E-state index is 6.01. The zero-order valence-corrected chi connectivity index (χ0v) is 10.4. The summed E-state index contributed by atoms with van der Waals surface area (Å²) >= 11 is 11.8. The van der Waals surface area contributed by atoms with Crippen molar-refractivity contribution in [2.75, 3.05) is 5.73 Å². The Balaban J connectivity index is 0.00000128. The summed E-state index contributed by atoms with van der Waals surface area (Å²) in [6.07, 6.45) is 1.64. The second-order valence-corrected chi connectivity index (χ2v) is 3.92. The molecular formula is C9H9Cl3N4. The Kier molecular flexibility index (Phi) is 4.41. The second-order valence-electron chi connectivity index (χ2n) is 3.08. The molecule has 0 unspecified atom stereocenters. The minimum atomic E-state index is 0. The Bertz CT molecular complexity index is 483. The first kappa shape index (κ1) is 13.1. The van der Waals surface area contributed by atoms with Gasteiger partial charge in [-0.05, 0) is 17.7 Å². The van der Waals surface area contributed by atoms with E-state index in [4.69, 9.17) is 28.9 Å². The number of hydrogen-bond acceptors (Lipinski definition) is 3. The lowest BCUT2D eigenvalue weighted by atomic mass is 10.2. The third-order valence-electron chi connectivity index (χ3n) is 1.90. The SMILES string of the molecule is Cl.Nc1cn(Cc2ccc(Cl)cc2Cl)nn1. The van der Waals surface area contributed by atoms with E-state index >= 15 is 0 Å². The van der Waals surface area contributed by atoms with Gasteiger partial charge in [0.2, 0.25) is 0 Å². The molecule has 2 aromatic rings. The lowest BCUT2D eigenvalue weighted by molar-refractivity contribution is 0.650. The molecule has 0 saturated heterocycles. The molecule has 1 aromatic carbocycles. The number of hydrogen-bond donors (Lipinski definition) is 1.